The molecule has 2 aromatic heterocycles. The van der Waals surface area contributed by atoms with E-state index in [0.717, 1.165) is 12.8 Å². The molecule has 1 fully saturated rings. The van der Waals surface area contributed by atoms with Crippen LogP contribution in [-0.4, -0.2) is 37.3 Å². The molecule has 0 saturated carbocycles. The summed E-state index contributed by atoms with van der Waals surface area (Å²) in [5.74, 6) is 5.78. The average molecular weight is 265 g/mol. The van der Waals surface area contributed by atoms with Crippen LogP contribution in [0.1, 0.15) is 19.1 Å². The van der Waals surface area contributed by atoms with Crippen molar-refractivity contribution in [2.45, 2.75) is 25.2 Å². The molecule has 0 bridgehead atoms. The Morgan fingerprint density at radius 3 is 3.00 bits per heavy atom. The molecule has 0 aliphatic carbocycles. The lowest BCUT2D eigenvalue weighted by molar-refractivity contribution is -0.0207. The first kappa shape index (κ1) is 12.1. The fraction of sp³-hybridized carbons (Fsp3) is 0.500. The number of imidazole rings is 1. The Labute approximate surface area is 108 Å². The topological polar surface area (TPSA) is 137 Å². The van der Waals surface area contributed by atoms with Crippen molar-refractivity contribution in [3.8, 4) is 0 Å². The van der Waals surface area contributed by atoms with E-state index in [4.69, 9.17) is 21.4 Å². The number of nitrogens with two attached hydrogens (primary N) is 2. The van der Waals surface area contributed by atoms with Gasteiger partial charge in [-0.2, -0.15) is 9.97 Å². The van der Waals surface area contributed by atoms with E-state index in [2.05, 4.69) is 20.4 Å². The molecule has 0 amide bonds. The van der Waals surface area contributed by atoms with Gasteiger partial charge >= 0.3 is 0 Å². The Hall–Kier alpha value is -1.97. The van der Waals surface area contributed by atoms with Crippen molar-refractivity contribution < 1.29 is 9.84 Å². The lowest BCUT2D eigenvalue weighted by Crippen LogP contribution is -2.15. The lowest BCUT2D eigenvalue weighted by Gasteiger charge is -2.14. The molecule has 102 valence electrons. The number of nitrogen functional groups attached to an aromatic ring is 2. The predicted octanol–water partition coefficient (Wildman–Crippen LogP) is -0.636. The van der Waals surface area contributed by atoms with E-state index in [-0.39, 0.29) is 30.7 Å². The van der Waals surface area contributed by atoms with Crippen LogP contribution in [0.4, 0.5) is 11.8 Å². The summed E-state index contributed by atoms with van der Waals surface area (Å²) >= 11 is 0. The van der Waals surface area contributed by atoms with Gasteiger partial charge in [0.15, 0.2) is 11.5 Å². The highest BCUT2D eigenvalue weighted by atomic mass is 16.5. The smallest absolute Gasteiger partial charge is 0.241 e. The van der Waals surface area contributed by atoms with Crippen LogP contribution in [0.2, 0.25) is 0 Å². The van der Waals surface area contributed by atoms with Crippen molar-refractivity contribution >= 4 is 22.9 Å². The first-order chi connectivity index (χ1) is 9.22. The largest absolute Gasteiger partial charge is 0.394 e. The summed E-state index contributed by atoms with van der Waals surface area (Å²) in [5.41, 5.74) is 9.23. The number of fused-ring (bicyclic) bond motifs is 1. The van der Waals surface area contributed by atoms with Gasteiger partial charge in [0.05, 0.1) is 19.0 Å². The van der Waals surface area contributed by atoms with Crippen molar-refractivity contribution in [1.82, 2.24) is 19.5 Å². The highest BCUT2D eigenvalue weighted by Gasteiger charge is 2.27. The molecule has 2 aromatic rings. The molecule has 1 aliphatic rings. The molecule has 2 atom stereocenters. The fourth-order valence-corrected chi connectivity index (χ4v) is 2.24. The standard InChI is InChI=1S/C10H15N7O2/c11-8-7-9(15-10(14-8)16-12)17(4-13-7)6-2-1-5(3-18)19-6/h4-6,18H,1-3,12H2,(H3,11,14,15,16). The summed E-state index contributed by atoms with van der Waals surface area (Å²) in [4.78, 5) is 12.4. The Kier molecular flexibility index (Phi) is 2.93. The molecule has 0 aromatic carbocycles. The highest BCUT2D eigenvalue weighted by molar-refractivity contribution is 5.82. The normalized spacial score (nSPS) is 23.1. The van der Waals surface area contributed by atoms with Gasteiger partial charge in [0.1, 0.15) is 11.7 Å². The van der Waals surface area contributed by atoms with Gasteiger partial charge < -0.3 is 15.6 Å². The molecular formula is C10H15N7O2. The summed E-state index contributed by atoms with van der Waals surface area (Å²) in [6.07, 6.45) is 2.84. The molecule has 1 saturated heterocycles. The van der Waals surface area contributed by atoms with Gasteiger partial charge in [-0.05, 0) is 12.8 Å². The van der Waals surface area contributed by atoms with Crippen LogP contribution in [0.3, 0.4) is 0 Å². The van der Waals surface area contributed by atoms with E-state index >= 15 is 0 Å². The first-order valence-corrected chi connectivity index (χ1v) is 5.96. The van der Waals surface area contributed by atoms with Crippen molar-refractivity contribution in [2.24, 2.45) is 5.84 Å². The third kappa shape index (κ3) is 1.97. The summed E-state index contributed by atoms with van der Waals surface area (Å²) in [5, 5.41) is 9.10. The minimum atomic E-state index is -0.206. The molecule has 0 radical (unpaired) electrons. The summed E-state index contributed by atoms with van der Waals surface area (Å²) in [6.45, 7) is 0.00978. The Balaban J connectivity index is 2.02. The number of nitrogens with one attached hydrogen (secondary N) is 1. The summed E-state index contributed by atoms with van der Waals surface area (Å²) in [6, 6.07) is 0. The van der Waals surface area contributed by atoms with Crippen LogP contribution in [0.25, 0.3) is 11.2 Å². The second kappa shape index (κ2) is 4.61. The maximum Gasteiger partial charge on any atom is 0.241 e. The number of ether oxygens (including phenoxy) is 1. The van der Waals surface area contributed by atoms with Crippen molar-refractivity contribution in [2.75, 3.05) is 17.8 Å². The molecule has 2 unspecified atom stereocenters. The van der Waals surface area contributed by atoms with Gasteiger partial charge in [0.25, 0.3) is 0 Å². The van der Waals surface area contributed by atoms with Gasteiger partial charge in [-0.1, -0.05) is 0 Å². The van der Waals surface area contributed by atoms with Crippen molar-refractivity contribution in [1.29, 1.82) is 0 Å². The predicted molar refractivity (Wildman–Crippen MR) is 67.8 cm³/mol. The number of aromatic nitrogens is 4. The SMILES string of the molecule is NNc1nc(N)c2ncn(C3CCC(CO)O3)c2n1. The second-order valence-corrected chi connectivity index (χ2v) is 4.37. The molecule has 1 aliphatic heterocycles. The lowest BCUT2D eigenvalue weighted by atomic mass is 10.2. The number of hydrazine groups is 1. The first-order valence-electron chi connectivity index (χ1n) is 5.96. The van der Waals surface area contributed by atoms with E-state index in [1.165, 1.54) is 0 Å². The highest BCUT2D eigenvalue weighted by Crippen LogP contribution is 2.31. The fourth-order valence-electron chi connectivity index (χ4n) is 2.24. The number of hydrogen-bond donors (Lipinski definition) is 4. The van der Waals surface area contributed by atoms with E-state index in [9.17, 15) is 0 Å². The number of aliphatic hydroxyl groups is 1. The second-order valence-electron chi connectivity index (χ2n) is 4.37. The maximum atomic E-state index is 9.10. The number of hydrogen-bond acceptors (Lipinski definition) is 8. The van der Waals surface area contributed by atoms with Gasteiger partial charge in [0.2, 0.25) is 5.95 Å². The van der Waals surface area contributed by atoms with Crippen molar-refractivity contribution in [3.63, 3.8) is 0 Å². The molecule has 3 rings (SSSR count). The van der Waals surface area contributed by atoms with Gasteiger partial charge in [-0.25, -0.2) is 10.8 Å². The third-order valence-corrected chi connectivity index (χ3v) is 3.18. The van der Waals surface area contributed by atoms with E-state index in [1.807, 2.05) is 0 Å². The zero-order chi connectivity index (χ0) is 13.4. The molecule has 3 heterocycles. The van der Waals surface area contributed by atoms with Crippen LogP contribution in [0, 0.1) is 0 Å². The molecular weight excluding hydrogens is 250 g/mol. The van der Waals surface area contributed by atoms with Crippen LogP contribution < -0.4 is 17.0 Å². The van der Waals surface area contributed by atoms with Crippen LogP contribution in [0.5, 0.6) is 0 Å². The van der Waals surface area contributed by atoms with Gasteiger partial charge in [0, 0.05) is 0 Å². The van der Waals surface area contributed by atoms with E-state index < -0.39 is 0 Å². The Bertz CT molecular complexity index is 599. The summed E-state index contributed by atoms with van der Waals surface area (Å²) < 4.78 is 7.48. The Morgan fingerprint density at radius 2 is 2.32 bits per heavy atom. The molecule has 9 heteroatoms. The monoisotopic (exact) mass is 265 g/mol. The van der Waals surface area contributed by atoms with Crippen LogP contribution in [-0.2, 0) is 4.74 Å². The van der Waals surface area contributed by atoms with Crippen LogP contribution in [0.15, 0.2) is 6.33 Å². The number of aliphatic hydroxyl groups excluding tert-OH is 1. The summed E-state index contributed by atoms with van der Waals surface area (Å²) in [7, 11) is 0. The van der Waals surface area contributed by atoms with Crippen molar-refractivity contribution in [3.05, 3.63) is 6.33 Å². The maximum absolute atomic E-state index is 9.10. The molecule has 6 N–H and O–H groups in total. The molecule has 19 heavy (non-hydrogen) atoms. The zero-order valence-corrected chi connectivity index (χ0v) is 10.2. The Morgan fingerprint density at radius 1 is 1.47 bits per heavy atom. The van der Waals surface area contributed by atoms with Gasteiger partial charge in [-0.15, -0.1) is 0 Å². The average Bonchev–Trinajstić information content (AvgIpc) is 3.04. The third-order valence-electron chi connectivity index (χ3n) is 3.18. The minimum absolute atomic E-state index is 0.00978. The van der Waals surface area contributed by atoms with E-state index in [1.54, 1.807) is 10.9 Å². The molecule has 9 nitrogen and oxygen atoms in total. The zero-order valence-electron chi connectivity index (χ0n) is 10.2. The number of nitrogens with zero attached hydrogens (tertiary/aromatic N) is 4. The van der Waals surface area contributed by atoms with Gasteiger partial charge in [-0.3, -0.25) is 9.99 Å². The molecule has 0 spiro atoms. The minimum Gasteiger partial charge on any atom is -0.394 e. The van der Waals surface area contributed by atoms with E-state index in [0.29, 0.717) is 11.2 Å². The van der Waals surface area contributed by atoms with Crippen LogP contribution >= 0.6 is 0 Å². The number of rotatable bonds is 3. The quantitative estimate of drug-likeness (QED) is 0.425. The number of anilines is 2.